The molecule has 32 heavy (non-hydrogen) atoms. The highest BCUT2D eigenvalue weighted by Crippen LogP contribution is 2.34. The van der Waals surface area contributed by atoms with E-state index in [1.54, 1.807) is 0 Å². The number of carbonyl (C=O) groups excluding carboxylic acids is 2. The molecule has 1 saturated heterocycles. The summed E-state index contributed by atoms with van der Waals surface area (Å²) in [4.78, 5) is 43.4. The quantitative estimate of drug-likeness (QED) is 0.694. The number of ether oxygens (including phenoxy) is 1. The largest absolute Gasteiger partial charge is 0.378 e. The van der Waals surface area contributed by atoms with Gasteiger partial charge in [0.05, 0.1) is 30.0 Å². The summed E-state index contributed by atoms with van der Waals surface area (Å²) >= 11 is 0. The summed E-state index contributed by atoms with van der Waals surface area (Å²) in [6.45, 7) is 7.80. The number of hydrogen-bond acceptors (Lipinski definition) is 5. The van der Waals surface area contributed by atoms with E-state index in [1.807, 2.05) is 25.7 Å². The first kappa shape index (κ1) is 22.0. The Bertz CT molecular complexity index is 1120. The Balaban J connectivity index is 1.94. The van der Waals surface area contributed by atoms with Gasteiger partial charge in [-0.25, -0.2) is 9.07 Å². The molecule has 8 nitrogen and oxygen atoms in total. The summed E-state index contributed by atoms with van der Waals surface area (Å²) in [7, 11) is 0. The fourth-order valence-electron chi connectivity index (χ4n) is 4.18. The van der Waals surface area contributed by atoms with Crippen LogP contribution < -0.4 is 5.56 Å². The van der Waals surface area contributed by atoms with E-state index >= 15 is 0 Å². The fourth-order valence-corrected chi connectivity index (χ4v) is 4.18. The Morgan fingerprint density at radius 2 is 1.72 bits per heavy atom. The summed E-state index contributed by atoms with van der Waals surface area (Å²) in [6, 6.07) is 5.51. The molecule has 1 fully saturated rings. The van der Waals surface area contributed by atoms with Gasteiger partial charge in [-0.3, -0.25) is 24.4 Å². The Labute approximate surface area is 185 Å². The summed E-state index contributed by atoms with van der Waals surface area (Å²) in [5, 5.41) is 3.09. The first-order chi connectivity index (χ1) is 15.3. The number of hydrogen-bond donors (Lipinski definition) is 1. The van der Waals surface area contributed by atoms with Crippen molar-refractivity contribution in [3.05, 3.63) is 57.4 Å². The Kier molecular flexibility index (Phi) is 6.01. The van der Waals surface area contributed by atoms with Crippen LogP contribution in [-0.2, 0) is 14.3 Å². The average Bonchev–Trinajstić information content (AvgIpc) is 3.24. The number of carbonyl (C=O) groups is 2. The van der Waals surface area contributed by atoms with Crippen LogP contribution in [0.15, 0.2) is 34.8 Å². The van der Waals surface area contributed by atoms with E-state index in [-0.39, 0.29) is 35.2 Å². The molecule has 0 radical (unpaired) electrons. The molecule has 2 amide bonds. The smallest absolute Gasteiger partial charge is 0.279 e. The third-order valence-electron chi connectivity index (χ3n) is 5.75. The molecule has 1 aromatic heterocycles. The van der Waals surface area contributed by atoms with Gasteiger partial charge in [-0.1, -0.05) is 20.8 Å². The minimum atomic E-state index is -0.456. The molecular formula is C23H27FN4O4. The third kappa shape index (κ3) is 3.66. The zero-order valence-electron chi connectivity index (χ0n) is 18.5. The normalized spacial score (nSPS) is 17.3. The van der Waals surface area contributed by atoms with Gasteiger partial charge in [0.15, 0.2) is 0 Å². The molecule has 1 aromatic carbocycles. The van der Waals surface area contributed by atoms with E-state index in [2.05, 4.69) is 5.10 Å². The number of aromatic nitrogens is 2. The first-order valence-electron chi connectivity index (χ1n) is 10.9. The predicted molar refractivity (Wildman–Crippen MR) is 117 cm³/mol. The average molecular weight is 442 g/mol. The molecule has 2 aliphatic rings. The molecule has 2 aliphatic heterocycles. The number of rotatable bonds is 6. The van der Waals surface area contributed by atoms with Crippen LogP contribution in [0.5, 0.6) is 0 Å². The van der Waals surface area contributed by atoms with Gasteiger partial charge < -0.3 is 9.64 Å². The van der Waals surface area contributed by atoms with Crippen LogP contribution in [0.2, 0.25) is 0 Å². The number of nitrogens with one attached hydrogen (secondary N) is 1. The van der Waals surface area contributed by atoms with Crippen molar-refractivity contribution in [1.29, 1.82) is 0 Å². The first-order valence-corrected chi connectivity index (χ1v) is 10.9. The monoisotopic (exact) mass is 442 g/mol. The highest BCUT2D eigenvalue weighted by Gasteiger charge is 2.44. The van der Waals surface area contributed by atoms with Crippen LogP contribution in [0, 0.1) is 5.82 Å². The number of imide groups is 1. The molecule has 2 aromatic rings. The maximum Gasteiger partial charge on any atom is 0.279 e. The topological polar surface area (TPSA) is 87.6 Å². The van der Waals surface area contributed by atoms with Crippen molar-refractivity contribution in [2.75, 3.05) is 32.8 Å². The van der Waals surface area contributed by atoms with E-state index < -0.39 is 17.3 Å². The molecule has 0 aliphatic carbocycles. The molecular weight excluding hydrogens is 415 g/mol. The number of amides is 2. The number of H-pyrrole nitrogens is 1. The lowest BCUT2D eigenvalue weighted by atomic mass is 9.98. The number of benzene rings is 1. The van der Waals surface area contributed by atoms with Crippen LogP contribution in [-0.4, -0.2) is 64.2 Å². The second-order valence-corrected chi connectivity index (χ2v) is 8.26. The second-order valence-electron chi connectivity index (χ2n) is 8.26. The van der Waals surface area contributed by atoms with Gasteiger partial charge in [0, 0.05) is 25.3 Å². The van der Waals surface area contributed by atoms with Crippen LogP contribution in [0.25, 0.3) is 11.3 Å². The van der Waals surface area contributed by atoms with E-state index in [4.69, 9.17) is 4.74 Å². The third-order valence-corrected chi connectivity index (χ3v) is 5.75. The summed E-state index contributed by atoms with van der Waals surface area (Å²) < 4.78 is 20.1. The zero-order valence-corrected chi connectivity index (χ0v) is 18.5. The van der Waals surface area contributed by atoms with Gasteiger partial charge in [-0.2, -0.15) is 0 Å². The molecule has 0 unspecified atom stereocenters. The fraction of sp³-hybridized carbons (Fsp3) is 0.435. The van der Waals surface area contributed by atoms with E-state index in [9.17, 15) is 18.8 Å². The number of morpholine rings is 1. The molecule has 4 rings (SSSR count). The van der Waals surface area contributed by atoms with Gasteiger partial charge in [-0.15, -0.1) is 0 Å². The summed E-state index contributed by atoms with van der Waals surface area (Å²) in [5.74, 6) is -1.37. The molecule has 9 heteroatoms. The lowest BCUT2D eigenvalue weighted by molar-refractivity contribution is -0.137. The van der Waals surface area contributed by atoms with Gasteiger partial charge in [0.1, 0.15) is 11.5 Å². The van der Waals surface area contributed by atoms with Gasteiger partial charge in [-0.05, 0) is 36.6 Å². The molecule has 170 valence electrons. The van der Waals surface area contributed by atoms with Gasteiger partial charge in [0.25, 0.3) is 17.4 Å². The maximum atomic E-state index is 13.6. The van der Waals surface area contributed by atoms with Gasteiger partial charge in [0.2, 0.25) is 0 Å². The van der Waals surface area contributed by atoms with E-state index in [0.29, 0.717) is 44.1 Å². The van der Waals surface area contributed by atoms with Crippen molar-refractivity contribution >= 4 is 17.4 Å². The molecule has 0 bridgehead atoms. The van der Waals surface area contributed by atoms with Crippen molar-refractivity contribution in [2.24, 2.45) is 0 Å². The van der Waals surface area contributed by atoms with Crippen molar-refractivity contribution in [3.63, 3.8) is 0 Å². The highest BCUT2D eigenvalue weighted by molar-refractivity contribution is 6.35. The van der Waals surface area contributed by atoms with Crippen molar-refractivity contribution in [2.45, 2.75) is 33.1 Å². The minimum Gasteiger partial charge on any atom is -0.378 e. The molecule has 1 N–H and O–H groups in total. The lowest BCUT2D eigenvalue weighted by Crippen LogP contribution is -2.40. The van der Waals surface area contributed by atoms with Crippen molar-refractivity contribution in [3.8, 4) is 5.69 Å². The summed E-state index contributed by atoms with van der Waals surface area (Å²) in [6.07, 6.45) is 0.616. The number of halogens is 1. The molecule has 0 spiro atoms. The standard InChI is InChI=1S/C23H27FN4O4/c1-4-9-27-21(29)18(20(23(27)31)26-10-12-32-13-11-26)17-19(14(2)3)25-28(22(17)30)16-7-5-15(24)6-8-16/h5-8,14,25H,4,9-13H2,1-3H3. The van der Waals surface area contributed by atoms with E-state index in [1.165, 1.54) is 33.8 Å². The summed E-state index contributed by atoms with van der Waals surface area (Å²) in [5.41, 5.74) is 1.15. The van der Waals surface area contributed by atoms with Gasteiger partial charge >= 0.3 is 0 Å². The van der Waals surface area contributed by atoms with Crippen LogP contribution in [0.1, 0.15) is 44.4 Å². The zero-order chi connectivity index (χ0) is 23.0. The number of nitrogens with zero attached hydrogens (tertiary/aromatic N) is 3. The lowest BCUT2D eigenvalue weighted by Gasteiger charge is -2.29. The second kappa shape index (κ2) is 8.74. The van der Waals surface area contributed by atoms with Crippen LogP contribution in [0.4, 0.5) is 4.39 Å². The predicted octanol–water partition coefficient (Wildman–Crippen LogP) is 2.25. The van der Waals surface area contributed by atoms with Crippen LogP contribution in [0.3, 0.4) is 0 Å². The molecule has 3 heterocycles. The number of aromatic amines is 1. The minimum absolute atomic E-state index is 0.124. The highest BCUT2D eigenvalue weighted by atomic mass is 19.1. The van der Waals surface area contributed by atoms with E-state index in [0.717, 1.165) is 0 Å². The van der Waals surface area contributed by atoms with Crippen molar-refractivity contribution < 1.29 is 18.7 Å². The van der Waals surface area contributed by atoms with Crippen molar-refractivity contribution in [1.82, 2.24) is 19.6 Å². The molecule has 0 atom stereocenters. The molecule has 0 saturated carbocycles. The SMILES string of the molecule is CCCN1C(=O)C(c2c(C(C)C)[nH]n(-c3ccc(F)cc3)c2=O)=C(N2CCOCC2)C1=O. The Morgan fingerprint density at radius 3 is 2.31 bits per heavy atom. The van der Waals surface area contributed by atoms with Crippen LogP contribution >= 0.6 is 0 Å². The Hall–Kier alpha value is -3.20. The Morgan fingerprint density at radius 1 is 1.06 bits per heavy atom. The maximum absolute atomic E-state index is 13.6.